The Bertz CT molecular complexity index is 613. The van der Waals surface area contributed by atoms with Crippen molar-refractivity contribution >= 4 is 21.6 Å². The van der Waals surface area contributed by atoms with Crippen LogP contribution in [0.15, 0.2) is 40.9 Å². The Balaban J connectivity index is 1.74. The quantitative estimate of drug-likeness (QED) is 0.924. The minimum atomic E-state index is 0.315. The van der Waals surface area contributed by atoms with Gasteiger partial charge in [-0.25, -0.2) is 0 Å². The summed E-state index contributed by atoms with van der Waals surface area (Å²) >= 11 is 3.55. The van der Waals surface area contributed by atoms with Crippen LogP contribution in [0.25, 0.3) is 0 Å². The highest BCUT2D eigenvalue weighted by Crippen LogP contribution is 2.33. The van der Waals surface area contributed by atoms with Gasteiger partial charge in [0, 0.05) is 16.7 Å². The summed E-state index contributed by atoms with van der Waals surface area (Å²) in [6.45, 7) is 3.15. The molecule has 0 radical (unpaired) electrons. The van der Waals surface area contributed by atoms with Crippen LogP contribution in [0.2, 0.25) is 0 Å². The van der Waals surface area contributed by atoms with Gasteiger partial charge in [0.1, 0.15) is 0 Å². The first-order chi connectivity index (χ1) is 9.22. The molecule has 0 aliphatic carbocycles. The molecule has 0 bridgehead atoms. The largest absolute Gasteiger partial charge is 0.454 e. The van der Waals surface area contributed by atoms with Crippen LogP contribution in [-0.4, -0.2) is 6.79 Å². The zero-order chi connectivity index (χ0) is 13.2. The number of nitrogens with one attached hydrogen (secondary N) is 1. The summed E-state index contributed by atoms with van der Waals surface area (Å²) in [5.74, 6) is 1.64. The van der Waals surface area contributed by atoms with Crippen LogP contribution >= 0.6 is 15.9 Å². The molecule has 0 amide bonds. The van der Waals surface area contributed by atoms with Crippen LogP contribution < -0.4 is 14.8 Å². The van der Waals surface area contributed by atoms with Gasteiger partial charge < -0.3 is 14.8 Å². The molecule has 0 unspecified atom stereocenters. The van der Waals surface area contributed by atoms with E-state index in [1.54, 1.807) is 0 Å². The molecule has 0 fully saturated rings. The average molecular weight is 320 g/mol. The SMILES string of the molecule is Cc1ccc(Br)c(NCc2ccc3c(c2)OCO3)c1. The van der Waals surface area contributed by atoms with E-state index in [4.69, 9.17) is 9.47 Å². The Labute approximate surface area is 120 Å². The average Bonchev–Trinajstić information content (AvgIpc) is 2.87. The molecule has 0 saturated heterocycles. The van der Waals surface area contributed by atoms with E-state index in [-0.39, 0.29) is 0 Å². The monoisotopic (exact) mass is 319 g/mol. The lowest BCUT2D eigenvalue weighted by Crippen LogP contribution is -2.00. The minimum absolute atomic E-state index is 0.315. The second-order valence-electron chi connectivity index (χ2n) is 4.52. The van der Waals surface area contributed by atoms with Gasteiger partial charge in [0.2, 0.25) is 6.79 Å². The third-order valence-corrected chi connectivity index (χ3v) is 3.73. The van der Waals surface area contributed by atoms with Crippen molar-refractivity contribution in [1.82, 2.24) is 0 Å². The van der Waals surface area contributed by atoms with E-state index in [0.717, 1.165) is 33.8 Å². The molecule has 98 valence electrons. The predicted octanol–water partition coefficient (Wildman–Crippen LogP) is 4.10. The van der Waals surface area contributed by atoms with Crippen molar-refractivity contribution in [3.8, 4) is 11.5 Å². The van der Waals surface area contributed by atoms with Gasteiger partial charge >= 0.3 is 0 Å². The third kappa shape index (κ3) is 2.68. The van der Waals surface area contributed by atoms with Crippen LogP contribution in [0.3, 0.4) is 0 Å². The topological polar surface area (TPSA) is 30.5 Å². The van der Waals surface area contributed by atoms with Gasteiger partial charge in [-0.3, -0.25) is 0 Å². The number of aryl methyl sites for hydroxylation is 1. The molecular weight excluding hydrogens is 306 g/mol. The fourth-order valence-electron chi connectivity index (χ4n) is 2.02. The number of ether oxygens (including phenoxy) is 2. The molecule has 1 heterocycles. The summed E-state index contributed by atoms with van der Waals surface area (Å²) in [5.41, 5.74) is 3.49. The molecule has 3 nitrogen and oxygen atoms in total. The van der Waals surface area contributed by atoms with Crippen molar-refractivity contribution in [3.05, 3.63) is 52.0 Å². The highest BCUT2D eigenvalue weighted by molar-refractivity contribution is 9.10. The smallest absolute Gasteiger partial charge is 0.231 e. The van der Waals surface area contributed by atoms with Crippen molar-refractivity contribution < 1.29 is 9.47 Å². The van der Waals surface area contributed by atoms with Gasteiger partial charge in [-0.05, 0) is 58.2 Å². The first-order valence-corrected chi connectivity index (χ1v) is 6.90. The van der Waals surface area contributed by atoms with E-state index < -0.39 is 0 Å². The molecule has 0 aromatic heterocycles. The van der Waals surface area contributed by atoms with Crippen molar-refractivity contribution in [2.45, 2.75) is 13.5 Å². The van der Waals surface area contributed by atoms with E-state index in [9.17, 15) is 0 Å². The Hall–Kier alpha value is -1.68. The number of rotatable bonds is 3. The van der Waals surface area contributed by atoms with E-state index in [1.807, 2.05) is 18.2 Å². The highest BCUT2D eigenvalue weighted by atomic mass is 79.9. The fourth-order valence-corrected chi connectivity index (χ4v) is 2.41. The molecule has 1 aliphatic heterocycles. The van der Waals surface area contributed by atoms with E-state index >= 15 is 0 Å². The molecule has 3 rings (SSSR count). The molecule has 0 atom stereocenters. The number of anilines is 1. The molecule has 2 aromatic rings. The van der Waals surface area contributed by atoms with E-state index in [0.29, 0.717) is 6.79 Å². The Kier molecular flexibility index (Phi) is 3.34. The number of hydrogen-bond donors (Lipinski definition) is 1. The predicted molar refractivity (Wildman–Crippen MR) is 78.8 cm³/mol. The van der Waals surface area contributed by atoms with Crippen molar-refractivity contribution in [1.29, 1.82) is 0 Å². The van der Waals surface area contributed by atoms with Crippen molar-refractivity contribution in [3.63, 3.8) is 0 Å². The van der Waals surface area contributed by atoms with Gasteiger partial charge in [-0.2, -0.15) is 0 Å². The summed E-state index contributed by atoms with van der Waals surface area (Å²) in [6.07, 6.45) is 0. The summed E-state index contributed by atoms with van der Waals surface area (Å²) in [7, 11) is 0. The molecular formula is C15H14BrNO2. The lowest BCUT2D eigenvalue weighted by molar-refractivity contribution is 0.174. The van der Waals surface area contributed by atoms with Crippen LogP contribution in [0.1, 0.15) is 11.1 Å². The Morgan fingerprint density at radius 3 is 2.84 bits per heavy atom. The van der Waals surface area contributed by atoms with Crippen LogP contribution in [-0.2, 0) is 6.54 Å². The van der Waals surface area contributed by atoms with Gasteiger partial charge in [0.25, 0.3) is 0 Å². The van der Waals surface area contributed by atoms with Gasteiger partial charge in [-0.1, -0.05) is 12.1 Å². The summed E-state index contributed by atoms with van der Waals surface area (Å²) in [4.78, 5) is 0. The first kappa shape index (κ1) is 12.4. The zero-order valence-corrected chi connectivity index (χ0v) is 12.2. The van der Waals surface area contributed by atoms with Crippen LogP contribution in [0.5, 0.6) is 11.5 Å². The second kappa shape index (κ2) is 5.13. The molecule has 0 spiro atoms. The normalized spacial score (nSPS) is 12.5. The second-order valence-corrected chi connectivity index (χ2v) is 5.38. The molecule has 1 aliphatic rings. The molecule has 19 heavy (non-hydrogen) atoms. The van der Waals surface area contributed by atoms with Crippen molar-refractivity contribution in [2.75, 3.05) is 12.1 Å². The maximum absolute atomic E-state index is 5.37. The van der Waals surface area contributed by atoms with Gasteiger partial charge in [-0.15, -0.1) is 0 Å². The molecule has 0 saturated carbocycles. The van der Waals surface area contributed by atoms with Crippen molar-refractivity contribution in [2.24, 2.45) is 0 Å². The third-order valence-electron chi connectivity index (χ3n) is 3.04. The standard InChI is InChI=1S/C15H14BrNO2/c1-10-2-4-12(16)13(6-10)17-8-11-3-5-14-15(7-11)19-9-18-14/h2-7,17H,8-9H2,1H3. The maximum Gasteiger partial charge on any atom is 0.231 e. The Morgan fingerprint density at radius 2 is 1.95 bits per heavy atom. The summed E-state index contributed by atoms with van der Waals surface area (Å²) in [5, 5.41) is 3.42. The van der Waals surface area contributed by atoms with Gasteiger partial charge in [0.05, 0.1) is 0 Å². The summed E-state index contributed by atoms with van der Waals surface area (Å²) in [6, 6.07) is 12.3. The first-order valence-electron chi connectivity index (χ1n) is 6.11. The number of hydrogen-bond acceptors (Lipinski definition) is 3. The fraction of sp³-hybridized carbons (Fsp3) is 0.200. The van der Waals surface area contributed by atoms with E-state index in [1.165, 1.54) is 5.56 Å². The molecule has 2 aromatic carbocycles. The van der Waals surface area contributed by atoms with E-state index in [2.05, 4.69) is 46.4 Å². The van der Waals surface area contributed by atoms with Crippen LogP contribution in [0.4, 0.5) is 5.69 Å². The summed E-state index contributed by atoms with van der Waals surface area (Å²) < 4.78 is 11.7. The molecule has 1 N–H and O–H groups in total. The lowest BCUT2D eigenvalue weighted by atomic mass is 10.2. The number of halogens is 1. The lowest BCUT2D eigenvalue weighted by Gasteiger charge is -2.10. The zero-order valence-electron chi connectivity index (χ0n) is 10.6. The molecule has 4 heteroatoms. The minimum Gasteiger partial charge on any atom is -0.454 e. The van der Waals surface area contributed by atoms with Gasteiger partial charge in [0.15, 0.2) is 11.5 Å². The van der Waals surface area contributed by atoms with Crippen LogP contribution in [0, 0.1) is 6.92 Å². The Morgan fingerprint density at radius 1 is 1.11 bits per heavy atom. The number of benzene rings is 2. The number of fused-ring (bicyclic) bond motifs is 1. The maximum atomic E-state index is 5.37. The highest BCUT2D eigenvalue weighted by Gasteiger charge is 2.13.